The van der Waals surface area contributed by atoms with E-state index in [0.717, 1.165) is 19.8 Å². The van der Waals surface area contributed by atoms with Gasteiger partial charge in [0.25, 0.3) is 0 Å². The molecule has 0 N–H and O–H groups in total. The lowest BCUT2D eigenvalue weighted by atomic mass is 10.1. The van der Waals surface area contributed by atoms with Crippen molar-refractivity contribution in [3.63, 3.8) is 0 Å². The number of morpholine rings is 1. The minimum atomic E-state index is 0. The van der Waals surface area contributed by atoms with Gasteiger partial charge in [0.2, 0.25) is 0 Å². The van der Waals surface area contributed by atoms with Crippen molar-refractivity contribution in [3.05, 3.63) is 0 Å². The highest BCUT2D eigenvalue weighted by Gasteiger charge is 2.33. The fraction of sp³-hybridized carbons (Fsp3) is 1.00. The molecular formula is C10H22N2O. The Bertz CT molecular complexity index is 180. The summed E-state index contributed by atoms with van der Waals surface area (Å²) in [5, 5.41) is 0. The number of piperazine rings is 1. The summed E-state index contributed by atoms with van der Waals surface area (Å²) in [4.78, 5) is 5.14. The molecule has 3 nitrogen and oxygen atoms in total. The molecule has 3 heteroatoms. The Labute approximate surface area is 82.1 Å². The summed E-state index contributed by atoms with van der Waals surface area (Å²) in [5.74, 6) is 0. The van der Waals surface area contributed by atoms with Crippen LogP contribution in [0.2, 0.25) is 0 Å². The van der Waals surface area contributed by atoms with Crippen LogP contribution >= 0.6 is 0 Å². The van der Waals surface area contributed by atoms with Gasteiger partial charge >= 0.3 is 0 Å². The van der Waals surface area contributed by atoms with Crippen molar-refractivity contribution in [1.29, 1.82) is 0 Å². The molecule has 2 aliphatic heterocycles. The zero-order valence-electron chi connectivity index (χ0n) is 8.70. The molecule has 2 heterocycles. The molecule has 2 rings (SSSR count). The number of nitrogens with zero attached hydrogens (tertiary/aromatic N) is 2. The van der Waals surface area contributed by atoms with Crippen LogP contribution in [0.5, 0.6) is 0 Å². The fourth-order valence-electron chi connectivity index (χ4n) is 2.51. The molecule has 0 aromatic heterocycles. The standard InChI is InChI=1S/C10H20N2O.H2/c1-3-11-6-9(2)12-4-5-13-8-10(12)7-11;/h9-10H,3-8H2,1-2H3;1H/t9-,10?;/m1./s1. The molecule has 13 heavy (non-hydrogen) atoms. The Morgan fingerprint density at radius 1 is 1.46 bits per heavy atom. The molecule has 2 fully saturated rings. The molecule has 0 aromatic carbocycles. The van der Waals surface area contributed by atoms with Crippen molar-refractivity contribution in [2.45, 2.75) is 25.9 Å². The third-order valence-corrected chi connectivity index (χ3v) is 3.28. The summed E-state index contributed by atoms with van der Waals surface area (Å²) in [5.41, 5.74) is 0. The number of rotatable bonds is 1. The molecule has 0 bridgehead atoms. The van der Waals surface area contributed by atoms with E-state index in [4.69, 9.17) is 4.74 Å². The van der Waals surface area contributed by atoms with Gasteiger partial charge in [0.05, 0.1) is 13.2 Å². The smallest absolute Gasteiger partial charge is 0.0635 e. The van der Waals surface area contributed by atoms with Gasteiger partial charge in [-0.1, -0.05) is 6.92 Å². The van der Waals surface area contributed by atoms with Crippen LogP contribution in [-0.4, -0.2) is 61.3 Å². The first-order chi connectivity index (χ1) is 6.31. The van der Waals surface area contributed by atoms with E-state index in [1.165, 1.54) is 19.6 Å². The first kappa shape index (κ1) is 9.44. The van der Waals surface area contributed by atoms with Crippen molar-refractivity contribution in [2.24, 2.45) is 0 Å². The van der Waals surface area contributed by atoms with Gasteiger partial charge < -0.3 is 9.64 Å². The Balaban J connectivity index is 0.000000980. The molecule has 0 radical (unpaired) electrons. The summed E-state index contributed by atoms with van der Waals surface area (Å²) in [6.45, 7) is 11.2. The van der Waals surface area contributed by atoms with Crippen LogP contribution in [0.3, 0.4) is 0 Å². The van der Waals surface area contributed by atoms with Crippen molar-refractivity contribution in [3.8, 4) is 0 Å². The predicted molar refractivity (Wildman–Crippen MR) is 55.0 cm³/mol. The van der Waals surface area contributed by atoms with E-state index in [1.54, 1.807) is 0 Å². The number of likely N-dealkylation sites (N-methyl/N-ethyl adjacent to an activating group) is 1. The van der Waals surface area contributed by atoms with Gasteiger partial charge in [0, 0.05) is 33.1 Å². The first-order valence-electron chi connectivity index (χ1n) is 5.37. The van der Waals surface area contributed by atoms with Gasteiger partial charge in [-0.15, -0.1) is 0 Å². The van der Waals surface area contributed by atoms with Crippen molar-refractivity contribution >= 4 is 0 Å². The van der Waals surface area contributed by atoms with E-state index in [2.05, 4.69) is 23.6 Å². The maximum Gasteiger partial charge on any atom is 0.0635 e. The largest absolute Gasteiger partial charge is 0.378 e. The molecule has 2 aliphatic rings. The van der Waals surface area contributed by atoms with E-state index < -0.39 is 0 Å². The summed E-state index contributed by atoms with van der Waals surface area (Å²) >= 11 is 0. The Kier molecular flexibility index (Phi) is 2.86. The lowest BCUT2D eigenvalue weighted by Gasteiger charge is -2.47. The van der Waals surface area contributed by atoms with Crippen molar-refractivity contribution in [2.75, 3.05) is 39.4 Å². The number of fused-ring (bicyclic) bond motifs is 1. The van der Waals surface area contributed by atoms with Crippen LogP contribution in [0, 0.1) is 0 Å². The van der Waals surface area contributed by atoms with Crippen LogP contribution in [0.1, 0.15) is 15.3 Å². The van der Waals surface area contributed by atoms with Gasteiger partial charge in [-0.05, 0) is 13.5 Å². The van der Waals surface area contributed by atoms with E-state index in [1.807, 2.05) is 0 Å². The van der Waals surface area contributed by atoms with Gasteiger partial charge in [-0.25, -0.2) is 0 Å². The molecule has 2 saturated heterocycles. The second-order valence-corrected chi connectivity index (χ2v) is 4.17. The summed E-state index contributed by atoms with van der Waals surface area (Å²) in [6, 6.07) is 1.36. The molecule has 0 saturated carbocycles. The second kappa shape index (κ2) is 3.95. The molecule has 2 atom stereocenters. The number of hydrogen-bond donors (Lipinski definition) is 0. The number of hydrogen-bond acceptors (Lipinski definition) is 3. The molecule has 0 amide bonds. The minimum Gasteiger partial charge on any atom is -0.378 e. The van der Waals surface area contributed by atoms with Crippen LogP contribution in [0.15, 0.2) is 0 Å². The normalized spacial score (nSPS) is 37.4. The van der Waals surface area contributed by atoms with Crippen molar-refractivity contribution < 1.29 is 6.16 Å². The average molecular weight is 186 g/mol. The molecule has 1 unspecified atom stereocenters. The maximum absolute atomic E-state index is 5.51. The Morgan fingerprint density at radius 2 is 2.31 bits per heavy atom. The average Bonchev–Trinajstić information content (AvgIpc) is 2.18. The molecule has 0 spiro atoms. The van der Waals surface area contributed by atoms with E-state index in [0.29, 0.717) is 12.1 Å². The fourth-order valence-corrected chi connectivity index (χ4v) is 2.51. The summed E-state index contributed by atoms with van der Waals surface area (Å²) in [6.07, 6.45) is 0. The zero-order chi connectivity index (χ0) is 9.26. The Hall–Kier alpha value is -0.120. The quantitative estimate of drug-likeness (QED) is 0.598. The van der Waals surface area contributed by atoms with Gasteiger partial charge in [0.1, 0.15) is 0 Å². The highest BCUT2D eigenvalue weighted by atomic mass is 16.5. The first-order valence-corrected chi connectivity index (χ1v) is 5.37. The third kappa shape index (κ3) is 1.87. The third-order valence-electron chi connectivity index (χ3n) is 3.28. The molecule has 0 aromatic rings. The van der Waals surface area contributed by atoms with E-state index >= 15 is 0 Å². The molecule has 0 aliphatic carbocycles. The zero-order valence-corrected chi connectivity index (χ0v) is 8.70. The van der Waals surface area contributed by atoms with E-state index in [9.17, 15) is 0 Å². The van der Waals surface area contributed by atoms with Crippen LogP contribution in [0.4, 0.5) is 0 Å². The van der Waals surface area contributed by atoms with Gasteiger partial charge in [-0.3, -0.25) is 4.90 Å². The van der Waals surface area contributed by atoms with Gasteiger partial charge in [-0.2, -0.15) is 0 Å². The Morgan fingerprint density at radius 3 is 3.08 bits per heavy atom. The van der Waals surface area contributed by atoms with Crippen LogP contribution in [-0.2, 0) is 4.74 Å². The number of ether oxygens (including phenoxy) is 1. The highest BCUT2D eigenvalue weighted by Crippen LogP contribution is 2.18. The maximum atomic E-state index is 5.51. The van der Waals surface area contributed by atoms with Crippen LogP contribution in [0.25, 0.3) is 0 Å². The summed E-state index contributed by atoms with van der Waals surface area (Å²) < 4.78 is 5.51. The van der Waals surface area contributed by atoms with Gasteiger partial charge in [0.15, 0.2) is 0 Å². The van der Waals surface area contributed by atoms with Crippen LogP contribution < -0.4 is 0 Å². The second-order valence-electron chi connectivity index (χ2n) is 4.17. The molecule has 78 valence electrons. The van der Waals surface area contributed by atoms with Crippen molar-refractivity contribution in [1.82, 2.24) is 9.80 Å². The lowest BCUT2D eigenvalue weighted by Crippen LogP contribution is -2.61. The predicted octanol–water partition coefficient (Wildman–Crippen LogP) is 0.657. The monoisotopic (exact) mass is 186 g/mol. The highest BCUT2D eigenvalue weighted by molar-refractivity contribution is 4.88. The SMILES string of the molecule is CCN1CC2COCCN2[C@H](C)C1.[HH]. The lowest BCUT2D eigenvalue weighted by molar-refractivity contribution is -0.0670. The van der Waals surface area contributed by atoms with E-state index in [-0.39, 0.29) is 1.43 Å². The molecular weight excluding hydrogens is 164 g/mol. The summed E-state index contributed by atoms with van der Waals surface area (Å²) in [7, 11) is 0. The topological polar surface area (TPSA) is 15.7 Å². The minimum absolute atomic E-state index is 0.